The Kier molecular flexibility index (Phi) is 5.07. The fourth-order valence-corrected chi connectivity index (χ4v) is 2.20. The van der Waals surface area contributed by atoms with Gasteiger partial charge in [-0.25, -0.2) is 4.98 Å². The Hall–Kier alpha value is -1.94. The smallest absolute Gasteiger partial charge is 0.131 e. The summed E-state index contributed by atoms with van der Waals surface area (Å²) in [6, 6.07) is 8.17. The highest BCUT2D eigenvalue weighted by Crippen LogP contribution is 2.18. The molecule has 2 heterocycles. The van der Waals surface area contributed by atoms with E-state index in [1.54, 1.807) is 0 Å². The average molecular weight is 270 g/mol. The Balaban J connectivity index is 2.08. The van der Waals surface area contributed by atoms with Crippen molar-refractivity contribution in [2.75, 3.05) is 18.5 Å². The van der Waals surface area contributed by atoms with Crippen LogP contribution in [0.1, 0.15) is 23.7 Å². The Bertz CT molecular complexity index is 539. The summed E-state index contributed by atoms with van der Waals surface area (Å²) in [6.45, 7) is 6.82. The fourth-order valence-electron chi connectivity index (χ4n) is 2.20. The number of aromatic nitrogens is 2. The van der Waals surface area contributed by atoms with Gasteiger partial charge in [0.25, 0.3) is 0 Å². The van der Waals surface area contributed by atoms with Gasteiger partial charge < -0.3 is 10.2 Å². The Morgan fingerprint density at radius 2 is 2.10 bits per heavy atom. The molecule has 0 radical (unpaired) electrons. The molecule has 0 aliphatic rings. The van der Waals surface area contributed by atoms with E-state index in [0.29, 0.717) is 0 Å². The Morgan fingerprint density at radius 1 is 1.25 bits per heavy atom. The molecule has 106 valence electrons. The van der Waals surface area contributed by atoms with E-state index in [0.717, 1.165) is 31.1 Å². The molecule has 2 aromatic rings. The standard InChI is InChI=1S/C16H22N4/c1-4-17-10-14-9-13(2)16(19-11-14)20(3)12-15-7-5-6-8-18-15/h5-9,11,17H,4,10,12H2,1-3H3. The predicted octanol–water partition coefficient (Wildman–Crippen LogP) is 2.53. The van der Waals surface area contributed by atoms with Crippen LogP contribution in [0.2, 0.25) is 0 Å². The van der Waals surface area contributed by atoms with Crippen LogP contribution < -0.4 is 10.2 Å². The molecule has 0 aromatic carbocycles. The van der Waals surface area contributed by atoms with Gasteiger partial charge in [0.2, 0.25) is 0 Å². The lowest BCUT2D eigenvalue weighted by Gasteiger charge is -2.20. The van der Waals surface area contributed by atoms with Crippen molar-refractivity contribution in [1.29, 1.82) is 0 Å². The van der Waals surface area contributed by atoms with Crippen molar-refractivity contribution >= 4 is 5.82 Å². The van der Waals surface area contributed by atoms with E-state index in [2.05, 4.69) is 40.1 Å². The number of rotatable bonds is 6. The summed E-state index contributed by atoms with van der Waals surface area (Å²) in [5.74, 6) is 1.01. The number of hydrogen-bond donors (Lipinski definition) is 1. The lowest BCUT2D eigenvalue weighted by molar-refractivity contribution is 0.723. The van der Waals surface area contributed by atoms with Gasteiger partial charge in [0.05, 0.1) is 12.2 Å². The first-order valence-corrected chi connectivity index (χ1v) is 6.98. The lowest BCUT2D eigenvalue weighted by atomic mass is 10.2. The third-order valence-electron chi connectivity index (χ3n) is 3.17. The minimum Gasteiger partial charge on any atom is -0.354 e. The molecule has 0 unspecified atom stereocenters. The second-order valence-electron chi connectivity index (χ2n) is 4.94. The molecule has 0 amide bonds. The van der Waals surface area contributed by atoms with Crippen LogP contribution in [-0.2, 0) is 13.1 Å². The van der Waals surface area contributed by atoms with Crippen molar-refractivity contribution in [3.8, 4) is 0 Å². The van der Waals surface area contributed by atoms with Gasteiger partial charge in [-0.1, -0.05) is 13.0 Å². The molecule has 0 aliphatic carbocycles. The van der Waals surface area contributed by atoms with Crippen LogP contribution in [0.3, 0.4) is 0 Å². The van der Waals surface area contributed by atoms with Gasteiger partial charge in [-0.3, -0.25) is 4.98 Å². The third-order valence-corrected chi connectivity index (χ3v) is 3.17. The highest BCUT2D eigenvalue weighted by molar-refractivity contribution is 5.46. The normalized spacial score (nSPS) is 10.6. The van der Waals surface area contributed by atoms with Gasteiger partial charge in [-0.05, 0) is 42.8 Å². The summed E-state index contributed by atoms with van der Waals surface area (Å²) in [6.07, 6.45) is 3.77. The maximum absolute atomic E-state index is 4.59. The van der Waals surface area contributed by atoms with E-state index < -0.39 is 0 Å². The SMILES string of the molecule is CCNCc1cnc(N(C)Cc2ccccn2)c(C)c1. The summed E-state index contributed by atoms with van der Waals surface area (Å²) < 4.78 is 0. The van der Waals surface area contributed by atoms with Crippen LogP contribution in [0.4, 0.5) is 5.82 Å². The number of aryl methyl sites for hydroxylation is 1. The second-order valence-corrected chi connectivity index (χ2v) is 4.94. The summed E-state index contributed by atoms with van der Waals surface area (Å²) in [5, 5.41) is 3.32. The number of nitrogens with one attached hydrogen (secondary N) is 1. The first-order chi connectivity index (χ1) is 9.70. The Labute approximate surface area is 120 Å². The van der Waals surface area contributed by atoms with E-state index >= 15 is 0 Å². The van der Waals surface area contributed by atoms with Gasteiger partial charge in [0, 0.05) is 26.0 Å². The first-order valence-electron chi connectivity index (χ1n) is 6.98. The maximum Gasteiger partial charge on any atom is 0.131 e. The number of nitrogens with zero attached hydrogens (tertiary/aromatic N) is 3. The number of hydrogen-bond acceptors (Lipinski definition) is 4. The van der Waals surface area contributed by atoms with Crippen molar-refractivity contribution in [1.82, 2.24) is 15.3 Å². The molecule has 4 heteroatoms. The highest BCUT2D eigenvalue weighted by atomic mass is 15.2. The largest absolute Gasteiger partial charge is 0.354 e. The summed E-state index contributed by atoms with van der Waals surface area (Å²) in [4.78, 5) is 11.1. The van der Waals surface area contributed by atoms with Crippen LogP contribution in [-0.4, -0.2) is 23.6 Å². The van der Waals surface area contributed by atoms with Gasteiger partial charge in [0.15, 0.2) is 0 Å². The summed E-state index contributed by atoms with van der Waals surface area (Å²) >= 11 is 0. The van der Waals surface area contributed by atoms with Gasteiger partial charge in [-0.15, -0.1) is 0 Å². The zero-order valence-electron chi connectivity index (χ0n) is 12.4. The van der Waals surface area contributed by atoms with Crippen LogP contribution in [0.25, 0.3) is 0 Å². The predicted molar refractivity (Wildman–Crippen MR) is 82.7 cm³/mol. The van der Waals surface area contributed by atoms with Gasteiger partial charge in [0.1, 0.15) is 5.82 Å². The lowest BCUT2D eigenvalue weighted by Crippen LogP contribution is -2.20. The molecule has 0 fully saturated rings. The zero-order valence-corrected chi connectivity index (χ0v) is 12.4. The van der Waals surface area contributed by atoms with Crippen molar-refractivity contribution < 1.29 is 0 Å². The maximum atomic E-state index is 4.59. The summed E-state index contributed by atoms with van der Waals surface area (Å²) in [5.41, 5.74) is 3.46. The molecule has 0 spiro atoms. The number of pyridine rings is 2. The molecule has 1 N–H and O–H groups in total. The fraction of sp³-hybridized carbons (Fsp3) is 0.375. The van der Waals surface area contributed by atoms with E-state index in [-0.39, 0.29) is 0 Å². The van der Waals surface area contributed by atoms with Crippen molar-refractivity contribution in [3.63, 3.8) is 0 Å². The van der Waals surface area contributed by atoms with Gasteiger partial charge >= 0.3 is 0 Å². The third kappa shape index (κ3) is 3.78. The topological polar surface area (TPSA) is 41.1 Å². The van der Waals surface area contributed by atoms with E-state index in [9.17, 15) is 0 Å². The van der Waals surface area contributed by atoms with Crippen molar-refractivity contribution in [2.45, 2.75) is 26.9 Å². The highest BCUT2D eigenvalue weighted by Gasteiger charge is 2.08. The molecule has 0 saturated carbocycles. The minimum atomic E-state index is 0.765. The molecule has 2 rings (SSSR count). The van der Waals surface area contributed by atoms with Crippen LogP contribution in [0.5, 0.6) is 0 Å². The van der Waals surface area contributed by atoms with Crippen molar-refractivity contribution in [3.05, 3.63) is 53.5 Å². The molecular formula is C16H22N4. The molecular weight excluding hydrogens is 248 g/mol. The van der Waals surface area contributed by atoms with E-state index in [4.69, 9.17) is 0 Å². The molecule has 0 saturated heterocycles. The van der Waals surface area contributed by atoms with Crippen LogP contribution in [0, 0.1) is 6.92 Å². The van der Waals surface area contributed by atoms with Crippen LogP contribution >= 0.6 is 0 Å². The first kappa shape index (κ1) is 14.5. The minimum absolute atomic E-state index is 0.765. The quantitative estimate of drug-likeness (QED) is 0.876. The average Bonchev–Trinajstić information content (AvgIpc) is 2.46. The molecule has 0 aliphatic heterocycles. The Morgan fingerprint density at radius 3 is 2.75 bits per heavy atom. The second kappa shape index (κ2) is 7.01. The van der Waals surface area contributed by atoms with Gasteiger partial charge in [-0.2, -0.15) is 0 Å². The monoisotopic (exact) mass is 270 g/mol. The molecule has 4 nitrogen and oxygen atoms in total. The number of anilines is 1. The zero-order chi connectivity index (χ0) is 14.4. The van der Waals surface area contributed by atoms with E-state index in [1.807, 2.05) is 37.6 Å². The van der Waals surface area contributed by atoms with E-state index in [1.165, 1.54) is 11.1 Å². The molecule has 20 heavy (non-hydrogen) atoms. The van der Waals surface area contributed by atoms with Crippen molar-refractivity contribution in [2.24, 2.45) is 0 Å². The van der Waals surface area contributed by atoms with Crippen LogP contribution in [0.15, 0.2) is 36.7 Å². The summed E-state index contributed by atoms with van der Waals surface area (Å²) in [7, 11) is 2.05. The molecule has 0 atom stereocenters. The molecule has 2 aromatic heterocycles. The molecule has 0 bridgehead atoms.